The van der Waals surface area contributed by atoms with E-state index < -0.39 is 0 Å². The zero-order valence-corrected chi connectivity index (χ0v) is 12.1. The van der Waals surface area contributed by atoms with E-state index in [1.807, 2.05) is 19.1 Å². The highest BCUT2D eigenvalue weighted by atomic mass is 16.5. The molecule has 102 valence electrons. The number of hydrogen-bond donors (Lipinski definition) is 1. The lowest BCUT2D eigenvalue weighted by Gasteiger charge is -2.13. The van der Waals surface area contributed by atoms with Crippen molar-refractivity contribution in [2.45, 2.75) is 47.1 Å². The Morgan fingerprint density at radius 3 is 2.78 bits per heavy atom. The van der Waals surface area contributed by atoms with Gasteiger partial charge in [-0.2, -0.15) is 0 Å². The smallest absolute Gasteiger partial charge is 0.142 e. The molecule has 0 amide bonds. The summed E-state index contributed by atoms with van der Waals surface area (Å²) in [5.74, 6) is 1.57. The molecule has 3 nitrogen and oxygen atoms in total. The van der Waals surface area contributed by atoms with Gasteiger partial charge in [-0.15, -0.1) is 0 Å². The van der Waals surface area contributed by atoms with Crippen LogP contribution in [-0.2, 0) is 6.54 Å². The molecule has 1 rings (SSSR count). The molecule has 1 aromatic heterocycles. The predicted octanol–water partition coefficient (Wildman–Crippen LogP) is 3.31. The number of aromatic nitrogens is 1. The summed E-state index contributed by atoms with van der Waals surface area (Å²) < 4.78 is 5.79. The SMILES string of the molecule is CCCCOc1ccc(C)nc1CNCC(C)C. The molecule has 0 bridgehead atoms. The number of ether oxygens (including phenoxy) is 1. The van der Waals surface area contributed by atoms with E-state index in [4.69, 9.17) is 4.74 Å². The van der Waals surface area contributed by atoms with Gasteiger partial charge in [0, 0.05) is 12.2 Å². The molecule has 0 unspecified atom stereocenters. The van der Waals surface area contributed by atoms with Crippen molar-refractivity contribution < 1.29 is 4.74 Å². The van der Waals surface area contributed by atoms with Gasteiger partial charge in [0.05, 0.1) is 12.3 Å². The molecular formula is C15H26N2O. The fourth-order valence-electron chi connectivity index (χ4n) is 1.66. The van der Waals surface area contributed by atoms with Crippen molar-refractivity contribution in [1.29, 1.82) is 0 Å². The van der Waals surface area contributed by atoms with Crippen molar-refractivity contribution in [3.05, 3.63) is 23.5 Å². The predicted molar refractivity (Wildman–Crippen MR) is 75.9 cm³/mol. The molecule has 18 heavy (non-hydrogen) atoms. The molecule has 0 aliphatic rings. The quantitative estimate of drug-likeness (QED) is 0.719. The average molecular weight is 250 g/mol. The van der Waals surface area contributed by atoms with Crippen molar-refractivity contribution in [3.63, 3.8) is 0 Å². The third kappa shape index (κ3) is 5.50. The number of rotatable bonds is 8. The van der Waals surface area contributed by atoms with E-state index in [0.717, 1.165) is 49.7 Å². The Hall–Kier alpha value is -1.09. The Morgan fingerprint density at radius 2 is 2.11 bits per heavy atom. The number of pyridine rings is 1. The van der Waals surface area contributed by atoms with Gasteiger partial charge < -0.3 is 10.1 Å². The summed E-state index contributed by atoms with van der Waals surface area (Å²) in [5.41, 5.74) is 2.06. The molecule has 1 heterocycles. The van der Waals surface area contributed by atoms with Gasteiger partial charge in [-0.1, -0.05) is 27.2 Å². The van der Waals surface area contributed by atoms with Crippen LogP contribution >= 0.6 is 0 Å². The minimum atomic E-state index is 0.652. The fraction of sp³-hybridized carbons (Fsp3) is 0.667. The van der Waals surface area contributed by atoms with Crippen molar-refractivity contribution in [2.24, 2.45) is 5.92 Å². The molecule has 0 spiro atoms. The third-order valence-corrected chi connectivity index (χ3v) is 2.67. The normalized spacial score (nSPS) is 10.9. The maximum Gasteiger partial charge on any atom is 0.142 e. The van der Waals surface area contributed by atoms with Crippen LogP contribution in [0, 0.1) is 12.8 Å². The average Bonchev–Trinajstić information content (AvgIpc) is 2.31. The summed E-state index contributed by atoms with van der Waals surface area (Å²) >= 11 is 0. The molecule has 1 aromatic rings. The molecule has 0 fully saturated rings. The van der Waals surface area contributed by atoms with Crippen molar-refractivity contribution >= 4 is 0 Å². The monoisotopic (exact) mass is 250 g/mol. The first kappa shape index (κ1) is 15.0. The Kier molecular flexibility index (Phi) is 6.73. The highest BCUT2D eigenvalue weighted by Gasteiger charge is 2.06. The Labute approximate surface area is 111 Å². The number of nitrogens with one attached hydrogen (secondary N) is 1. The van der Waals surface area contributed by atoms with Crippen molar-refractivity contribution in [2.75, 3.05) is 13.2 Å². The first-order chi connectivity index (χ1) is 8.63. The van der Waals surface area contributed by atoms with Gasteiger partial charge in [0.25, 0.3) is 0 Å². The minimum absolute atomic E-state index is 0.652. The summed E-state index contributed by atoms with van der Waals surface area (Å²) in [6, 6.07) is 4.04. The molecule has 0 saturated carbocycles. The van der Waals surface area contributed by atoms with E-state index in [-0.39, 0.29) is 0 Å². The highest BCUT2D eigenvalue weighted by molar-refractivity contribution is 5.29. The molecule has 3 heteroatoms. The van der Waals surface area contributed by atoms with Gasteiger partial charge in [0.2, 0.25) is 0 Å². The lowest BCUT2D eigenvalue weighted by atomic mass is 10.2. The van der Waals surface area contributed by atoms with Crippen LogP contribution in [0.4, 0.5) is 0 Å². The van der Waals surface area contributed by atoms with Gasteiger partial charge >= 0.3 is 0 Å². The second-order valence-corrected chi connectivity index (χ2v) is 5.12. The van der Waals surface area contributed by atoms with Crippen LogP contribution in [0.2, 0.25) is 0 Å². The summed E-state index contributed by atoms with van der Waals surface area (Å²) in [7, 11) is 0. The number of aryl methyl sites for hydroxylation is 1. The first-order valence-electron chi connectivity index (χ1n) is 6.93. The molecule has 0 aromatic carbocycles. The van der Waals surface area contributed by atoms with Crippen LogP contribution in [0.1, 0.15) is 45.0 Å². The zero-order chi connectivity index (χ0) is 13.4. The summed E-state index contributed by atoms with van der Waals surface area (Å²) in [6.07, 6.45) is 2.24. The zero-order valence-electron chi connectivity index (χ0n) is 12.1. The van der Waals surface area contributed by atoms with Crippen LogP contribution < -0.4 is 10.1 Å². The Balaban J connectivity index is 2.58. The van der Waals surface area contributed by atoms with E-state index in [9.17, 15) is 0 Å². The molecule has 0 saturated heterocycles. The van der Waals surface area contributed by atoms with E-state index in [1.165, 1.54) is 0 Å². The summed E-state index contributed by atoms with van der Waals surface area (Å²) in [6.45, 7) is 11.2. The van der Waals surface area contributed by atoms with E-state index in [1.54, 1.807) is 0 Å². The topological polar surface area (TPSA) is 34.1 Å². The minimum Gasteiger partial charge on any atom is -0.492 e. The van der Waals surface area contributed by atoms with Gasteiger partial charge in [0.15, 0.2) is 0 Å². The van der Waals surface area contributed by atoms with E-state index in [2.05, 4.69) is 31.1 Å². The second-order valence-electron chi connectivity index (χ2n) is 5.12. The lowest BCUT2D eigenvalue weighted by molar-refractivity contribution is 0.303. The molecule has 1 N–H and O–H groups in total. The number of unbranched alkanes of at least 4 members (excludes halogenated alkanes) is 1. The molecule has 0 atom stereocenters. The van der Waals surface area contributed by atoms with Gasteiger partial charge in [-0.3, -0.25) is 4.98 Å². The lowest BCUT2D eigenvalue weighted by Crippen LogP contribution is -2.20. The second kappa shape index (κ2) is 8.09. The van der Waals surface area contributed by atoms with Crippen LogP contribution in [0.3, 0.4) is 0 Å². The third-order valence-electron chi connectivity index (χ3n) is 2.67. The molecule has 0 aliphatic heterocycles. The van der Waals surface area contributed by atoms with Crippen LogP contribution in [0.15, 0.2) is 12.1 Å². The first-order valence-corrected chi connectivity index (χ1v) is 6.93. The van der Waals surface area contributed by atoms with Gasteiger partial charge in [-0.05, 0) is 37.9 Å². The maximum atomic E-state index is 5.79. The van der Waals surface area contributed by atoms with E-state index >= 15 is 0 Å². The van der Waals surface area contributed by atoms with Crippen LogP contribution in [0.5, 0.6) is 5.75 Å². The number of hydrogen-bond acceptors (Lipinski definition) is 3. The van der Waals surface area contributed by atoms with Crippen molar-refractivity contribution in [3.8, 4) is 5.75 Å². The Morgan fingerprint density at radius 1 is 1.33 bits per heavy atom. The van der Waals surface area contributed by atoms with Crippen LogP contribution in [-0.4, -0.2) is 18.1 Å². The van der Waals surface area contributed by atoms with Gasteiger partial charge in [0.1, 0.15) is 5.75 Å². The molecule has 0 aliphatic carbocycles. The van der Waals surface area contributed by atoms with Crippen LogP contribution in [0.25, 0.3) is 0 Å². The van der Waals surface area contributed by atoms with Gasteiger partial charge in [-0.25, -0.2) is 0 Å². The van der Waals surface area contributed by atoms with Crippen molar-refractivity contribution in [1.82, 2.24) is 10.3 Å². The number of nitrogens with zero attached hydrogens (tertiary/aromatic N) is 1. The van der Waals surface area contributed by atoms with E-state index in [0.29, 0.717) is 5.92 Å². The highest BCUT2D eigenvalue weighted by Crippen LogP contribution is 2.17. The molecular weight excluding hydrogens is 224 g/mol. The maximum absolute atomic E-state index is 5.79. The Bertz CT molecular complexity index is 350. The standard InChI is InChI=1S/C15H26N2O/c1-5-6-9-18-15-8-7-13(4)17-14(15)11-16-10-12(2)3/h7-8,12,16H,5-6,9-11H2,1-4H3. The fourth-order valence-corrected chi connectivity index (χ4v) is 1.66. The summed E-state index contributed by atoms with van der Waals surface area (Å²) in [5, 5.41) is 3.42. The largest absolute Gasteiger partial charge is 0.492 e. The molecule has 0 radical (unpaired) electrons. The summed E-state index contributed by atoms with van der Waals surface area (Å²) in [4.78, 5) is 4.56.